The summed E-state index contributed by atoms with van der Waals surface area (Å²) in [6.45, 7) is 2.35. The van der Waals surface area contributed by atoms with E-state index in [1.807, 2.05) is 67.6 Å². The SMILES string of the molecule is CCOC(c1ccccc1)C1N=C(c2ccccc2)N(C(N)=S)NC1=O. The fraction of sp³-hybridized carbons (Fsp3) is 0.211. The maximum atomic E-state index is 12.7. The minimum absolute atomic E-state index is 0.0204. The summed E-state index contributed by atoms with van der Waals surface area (Å²) in [5.41, 5.74) is 10.2. The maximum Gasteiger partial charge on any atom is 0.266 e. The molecule has 0 fully saturated rings. The molecule has 6 nitrogen and oxygen atoms in total. The van der Waals surface area contributed by atoms with Gasteiger partial charge < -0.3 is 10.5 Å². The molecule has 0 aliphatic carbocycles. The second-order valence-electron chi connectivity index (χ2n) is 5.70. The summed E-state index contributed by atoms with van der Waals surface area (Å²) in [5, 5.41) is 1.35. The second kappa shape index (κ2) is 8.07. The van der Waals surface area contributed by atoms with Gasteiger partial charge in [-0.3, -0.25) is 10.2 Å². The number of rotatable bonds is 5. The van der Waals surface area contributed by atoms with Crippen LogP contribution < -0.4 is 11.2 Å². The van der Waals surface area contributed by atoms with Gasteiger partial charge in [-0.25, -0.2) is 10.0 Å². The Hall–Kier alpha value is -2.77. The number of benzene rings is 2. The zero-order valence-electron chi connectivity index (χ0n) is 14.3. The van der Waals surface area contributed by atoms with Gasteiger partial charge in [0.05, 0.1) is 0 Å². The fourth-order valence-corrected chi connectivity index (χ4v) is 2.96. The highest BCUT2D eigenvalue weighted by atomic mass is 32.1. The van der Waals surface area contributed by atoms with E-state index in [1.165, 1.54) is 5.01 Å². The van der Waals surface area contributed by atoms with E-state index >= 15 is 0 Å². The van der Waals surface area contributed by atoms with Crippen LogP contribution in [0.15, 0.2) is 65.7 Å². The van der Waals surface area contributed by atoms with Crippen LogP contribution in [0.25, 0.3) is 0 Å². The molecule has 0 radical (unpaired) electrons. The number of carbonyl (C=O) groups is 1. The first-order valence-corrected chi connectivity index (χ1v) is 8.72. The summed E-state index contributed by atoms with van der Waals surface area (Å²) >= 11 is 5.07. The van der Waals surface area contributed by atoms with E-state index in [4.69, 9.17) is 22.7 Å². The topological polar surface area (TPSA) is 79.9 Å². The van der Waals surface area contributed by atoms with Crippen molar-refractivity contribution in [1.82, 2.24) is 10.4 Å². The molecule has 1 aliphatic heterocycles. The molecular weight excluding hydrogens is 348 g/mol. The summed E-state index contributed by atoms with van der Waals surface area (Å²) < 4.78 is 5.87. The molecule has 0 bridgehead atoms. The maximum absolute atomic E-state index is 12.7. The van der Waals surface area contributed by atoms with Gasteiger partial charge in [0.1, 0.15) is 6.10 Å². The number of thiocarbonyl (C=S) groups is 1. The quantitative estimate of drug-likeness (QED) is 0.791. The smallest absolute Gasteiger partial charge is 0.266 e. The van der Waals surface area contributed by atoms with Gasteiger partial charge in [0.2, 0.25) is 0 Å². The molecule has 1 heterocycles. The van der Waals surface area contributed by atoms with Crippen molar-refractivity contribution in [2.24, 2.45) is 10.7 Å². The van der Waals surface area contributed by atoms with Gasteiger partial charge in [-0.15, -0.1) is 0 Å². The van der Waals surface area contributed by atoms with Crippen LogP contribution in [0.4, 0.5) is 0 Å². The summed E-state index contributed by atoms with van der Waals surface area (Å²) in [6.07, 6.45) is -0.506. The molecule has 134 valence electrons. The summed E-state index contributed by atoms with van der Waals surface area (Å²) in [6, 6.07) is 18.3. The predicted octanol–water partition coefficient (Wildman–Crippen LogP) is 2.17. The van der Waals surface area contributed by atoms with Crippen LogP contribution in [-0.2, 0) is 9.53 Å². The van der Waals surface area contributed by atoms with Crippen LogP contribution in [-0.4, -0.2) is 34.5 Å². The Morgan fingerprint density at radius 1 is 1.23 bits per heavy atom. The number of nitrogens with two attached hydrogens (primary N) is 1. The number of amidine groups is 1. The van der Waals surface area contributed by atoms with Gasteiger partial charge in [-0.2, -0.15) is 0 Å². The van der Waals surface area contributed by atoms with Crippen LogP contribution in [0.3, 0.4) is 0 Å². The first kappa shape index (κ1) is 18.0. The monoisotopic (exact) mass is 368 g/mol. The average molecular weight is 368 g/mol. The number of carbonyl (C=O) groups excluding carboxylic acids is 1. The Bertz CT molecular complexity index is 811. The molecule has 2 aromatic rings. The molecule has 0 saturated heterocycles. The van der Waals surface area contributed by atoms with Crippen molar-refractivity contribution in [3.8, 4) is 0 Å². The lowest BCUT2D eigenvalue weighted by Gasteiger charge is -2.34. The van der Waals surface area contributed by atoms with E-state index in [0.717, 1.165) is 11.1 Å². The van der Waals surface area contributed by atoms with E-state index in [0.29, 0.717) is 12.4 Å². The van der Waals surface area contributed by atoms with Crippen molar-refractivity contribution in [2.75, 3.05) is 6.61 Å². The third-order valence-electron chi connectivity index (χ3n) is 3.98. The molecule has 0 spiro atoms. The van der Waals surface area contributed by atoms with E-state index in [-0.39, 0.29) is 11.0 Å². The molecule has 7 heteroatoms. The normalized spacial score (nSPS) is 18.0. The van der Waals surface area contributed by atoms with E-state index in [2.05, 4.69) is 10.4 Å². The van der Waals surface area contributed by atoms with Gasteiger partial charge >= 0.3 is 0 Å². The van der Waals surface area contributed by atoms with Crippen LogP contribution in [0.2, 0.25) is 0 Å². The highest BCUT2D eigenvalue weighted by Crippen LogP contribution is 2.26. The summed E-state index contributed by atoms with van der Waals surface area (Å²) in [7, 11) is 0. The van der Waals surface area contributed by atoms with Gasteiger partial charge in [-0.05, 0) is 24.7 Å². The summed E-state index contributed by atoms with van der Waals surface area (Å²) in [4.78, 5) is 17.4. The van der Waals surface area contributed by atoms with Crippen molar-refractivity contribution >= 4 is 29.1 Å². The number of hydrogen-bond donors (Lipinski definition) is 2. The Morgan fingerprint density at radius 3 is 2.42 bits per heavy atom. The minimum Gasteiger partial charge on any atom is -0.374 e. The number of ether oxygens (including phenoxy) is 1. The Labute approximate surface area is 157 Å². The Kier molecular flexibility index (Phi) is 5.60. The Morgan fingerprint density at radius 2 is 1.85 bits per heavy atom. The fourth-order valence-electron chi connectivity index (χ4n) is 2.82. The van der Waals surface area contributed by atoms with E-state index < -0.39 is 12.1 Å². The third-order valence-corrected chi connectivity index (χ3v) is 4.16. The molecule has 0 saturated carbocycles. The van der Waals surface area contributed by atoms with Crippen molar-refractivity contribution in [3.05, 3.63) is 71.8 Å². The van der Waals surface area contributed by atoms with Crippen LogP contribution in [0.5, 0.6) is 0 Å². The highest BCUT2D eigenvalue weighted by Gasteiger charge is 2.37. The van der Waals surface area contributed by atoms with Gasteiger partial charge in [0, 0.05) is 12.2 Å². The lowest BCUT2D eigenvalue weighted by Crippen LogP contribution is -2.59. The lowest BCUT2D eigenvalue weighted by molar-refractivity contribution is -0.129. The number of amides is 1. The summed E-state index contributed by atoms with van der Waals surface area (Å²) in [5.74, 6) is 0.170. The number of hydrogen-bond acceptors (Lipinski definition) is 4. The van der Waals surface area contributed by atoms with Gasteiger partial charge in [0.25, 0.3) is 5.91 Å². The molecule has 1 amide bonds. The molecule has 3 rings (SSSR count). The van der Waals surface area contributed by atoms with Crippen LogP contribution in [0.1, 0.15) is 24.2 Å². The molecule has 2 atom stereocenters. The minimum atomic E-state index is -0.752. The van der Waals surface area contributed by atoms with E-state index in [1.54, 1.807) is 0 Å². The first-order chi connectivity index (χ1) is 12.6. The van der Waals surface area contributed by atoms with Gasteiger partial charge in [-0.1, -0.05) is 60.7 Å². The second-order valence-corrected chi connectivity index (χ2v) is 6.12. The van der Waals surface area contributed by atoms with Gasteiger partial charge in [0.15, 0.2) is 17.0 Å². The van der Waals surface area contributed by atoms with Crippen molar-refractivity contribution in [2.45, 2.75) is 19.1 Å². The number of nitrogens with one attached hydrogen (secondary N) is 1. The standard InChI is InChI=1S/C19H20N4O2S/c1-2-25-16(13-9-5-3-6-10-13)15-18(24)22-23(19(20)26)17(21-15)14-11-7-4-8-12-14/h3-12,15-16H,2H2,1H3,(H2,20,26)(H,22,24). The number of aliphatic imine (C=N–C) groups is 1. The third kappa shape index (κ3) is 3.74. The lowest BCUT2D eigenvalue weighted by atomic mass is 10.0. The van der Waals surface area contributed by atoms with Crippen LogP contribution >= 0.6 is 12.2 Å². The molecule has 0 aromatic heterocycles. The zero-order chi connectivity index (χ0) is 18.5. The van der Waals surface area contributed by atoms with Crippen molar-refractivity contribution < 1.29 is 9.53 Å². The van der Waals surface area contributed by atoms with Crippen molar-refractivity contribution in [1.29, 1.82) is 0 Å². The molecule has 2 unspecified atom stereocenters. The molecule has 1 aliphatic rings. The Balaban J connectivity index is 2.06. The highest BCUT2D eigenvalue weighted by molar-refractivity contribution is 7.80. The molecular formula is C19H20N4O2S. The number of hydrazine groups is 1. The van der Waals surface area contributed by atoms with Crippen molar-refractivity contribution in [3.63, 3.8) is 0 Å². The number of nitrogens with zero attached hydrogens (tertiary/aromatic N) is 2. The van der Waals surface area contributed by atoms with Crippen LogP contribution in [0, 0.1) is 0 Å². The largest absolute Gasteiger partial charge is 0.374 e. The van der Waals surface area contributed by atoms with E-state index in [9.17, 15) is 4.79 Å². The molecule has 26 heavy (non-hydrogen) atoms. The first-order valence-electron chi connectivity index (χ1n) is 8.31. The zero-order valence-corrected chi connectivity index (χ0v) is 15.1. The molecule has 3 N–H and O–H groups in total. The average Bonchev–Trinajstić information content (AvgIpc) is 2.67. The molecule has 2 aromatic carbocycles. The predicted molar refractivity (Wildman–Crippen MR) is 104 cm³/mol.